The summed E-state index contributed by atoms with van der Waals surface area (Å²) in [7, 11) is 0. The molecule has 126 valence electrons. The normalized spacial score (nSPS) is 12.0. The summed E-state index contributed by atoms with van der Waals surface area (Å²) in [6.07, 6.45) is 26.3. The molecular formula is C20H34O2. The highest BCUT2D eigenvalue weighted by atomic mass is 16.4. The molecule has 0 aromatic rings. The van der Waals surface area contributed by atoms with Crippen molar-refractivity contribution in [2.45, 2.75) is 84.0 Å². The molecule has 0 saturated carbocycles. The summed E-state index contributed by atoms with van der Waals surface area (Å²) < 4.78 is 0. The standard InChI is InChI=1S/C20H34O2/c1-2-3-4-5-6-7-8-9-10-11-12-13-14-15-16-17-18-19-20(21)22/h6-7,9-10,13-14H,2-5,8,11-12,15-19H2,1H3,(H,21,22)/b7-6-,10-9-,14-13-. The van der Waals surface area contributed by atoms with Crippen LogP contribution in [0.1, 0.15) is 84.0 Å². The highest BCUT2D eigenvalue weighted by Gasteiger charge is 1.94. The second-order valence-electron chi connectivity index (χ2n) is 5.72. The molecule has 0 fully saturated rings. The molecule has 0 bridgehead atoms. The van der Waals surface area contributed by atoms with Gasteiger partial charge in [0.15, 0.2) is 0 Å². The van der Waals surface area contributed by atoms with Crippen LogP contribution in [0, 0.1) is 0 Å². The van der Waals surface area contributed by atoms with Crippen molar-refractivity contribution in [2.24, 2.45) is 0 Å². The lowest BCUT2D eigenvalue weighted by Gasteiger charge is -1.95. The molecule has 0 saturated heterocycles. The zero-order valence-electron chi connectivity index (χ0n) is 14.3. The van der Waals surface area contributed by atoms with Gasteiger partial charge in [0, 0.05) is 6.42 Å². The van der Waals surface area contributed by atoms with Gasteiger partial charge in [0.1, 0.15) is 0 Å². The predicted octanol–water partition coefficient (Wildman–Crippen LogP) is 6.44. The van der Waals surface area contributed by atoms with Crippen molar-refractivity contribution in [2.75, 3.05) is 0 Å². The number of unbranched alkanes of at least 4 members (excludes halogenated alkanes) is 7. The quantitative estimate of drug-likeness (QED) is 0.279. The van der Waals surface area contributed by atoms with E-state index in [2.05, 4.69) is 43.4 Å². The maximum Gasteiger partial charge on any atom is 0.303 e. The average molecular weight is 306 g/mol. The molecule has 0 aromatic heterocycles. The van der Waals surface area contributed by atoms with Crippen LogP contribution in [-0.2, 0) is 4.79 Å². The molecule has 2 nitrogen and oxygen atoms in total. The molecule has 0 unspecified atom stereocenters. The van der Waals surface area contributed by atoms with E-state index in [0.29, 0.717) is 6.42 Å². The van der Waals surface area contributed by atoms with Crippen LogP contribution < -0.4 is 0 Å². The van der Waals surface area contributed by atoms with Crippen molar-refractivity contribution in [3.8, 4) is 0 Å². The van der Waals surface area contributed by atoms with E-state index in [1.54, 1.807) is 0 Å². The van der Waals surface area contributed by atoms with Crippen molar-refractivity contribution in [1.29, 1.82) is 0 Å². The van der Waals surface area contributed by atoms with Gasteiger partial charge in [-0.3, -0.25) is 4.79 Å². The monoisotopic (exact) mass is 306 g/mol. The van der Waals surface area contributed by atoms with Gasteiger partial charge in [0.2, 0.25) is 0 Å². The number of rotatable bonds is 15. The van der Waals surface area contributed by atoms with Crippen molar-refractivity contribution in [1.82, 2.24) is 0 Å². The van der Waals surface area contributed by atoms with Gasteiger partial charge >= 0.3 is 5.97 Å². The smallest absolute Gasteiger partial charge is 0.303 e. The summed E-state index contributed by atoms with van der Waals surface area (Å²) in [5, 5.41) is 8.51. The van der Waals surface area contributed by atoms with E-state index >= 15 is 0 Å². The summed E-state index contributed by atoms with van der Waals surface area (Å²) in [5.41, 5.74) is 0. The Morgan fingerprint density at radius 3 is 1.91 bits per heavy atom. The molecule has 0 aliphatic carbocycles. The number of carboxylic acids is 1. The van der Waals surface area contributed by atoms with Crippen molar-refractivity contribution < 1.29 is 9.90 Å². The highest BCUT2D eigenvalue weighted by Crippen LogP contribution is 2.05. The Hall–Kier alpha value is -1.31. The van der Waals surface area contributed by atoms with Crippen LogP contribution in [-0.4, -0.2) is 11.1 Å². The van der Waals surface area contributed by atoms with Crippen molar-refractivity contribution in [3.05, 3.63) is 36.5 Å². The minimum absolute atomic E-state index is 0.307. The van der Waals surface area contributed by atoms with Gasteiger partial charge in [-0.1, -0.05) is 62.6 Å². The Bertz CT molecular complexity index is 327. The summed E-state index contributed by atoms with van der Waals surface area (Å²) >= 11 is 0. The number of hydrogen-bond acceptors (Lipinski definition) is 1. The Morgan fingerprint density at radius 2 is 1.27 bits per heavy atom. The van der Waals surface area contributed by atoms with Crippen LogP contribution in [0.4, 0.5) is 0 Å². The number of allylic oxidation sites excluding steroid dienone is 6. The lowest BCUT2D eigenvalue weighted by Crippen LogP contribution is -1.93. The first-order valence-corrected chi connectivity index (χ1v) is 8.94. The maximum atomic E-state index is 10.3. The SMILES string of the molecule is CCCCC/C=C\C/C=C\CC/C=C\CCCCCC(=O)O. The van der Waals surface area contributed by atoms with E-state index < -0.39 is 5.97 Å². The van der Waals surface area contributed by atoms with E-state index in [4.69, 9.17) is 5.11 Å². The van der Waals surface area contributed by atoms with E-state index in [1.165, 1.54) is 25.7 Å². The molecule has 22 heavy (non-hydrogen) atoms. The largest absolute Gasteiger partial charge is 0.481 e. The lowest BCUT2D eigenvalue weighted by molar-refractivity contribution is -0.137. The summed E-state index contributed by atoms with van der Waals surface area (Å²) in [6, 6.07) is 0. The first-order valence-electron chi connectivity index (χ1n) is 8.94. The number of aliphatic carboxylic acids is 1. The Labute approximate surface area is 137 Å². The third-order valence-corrected chi connectivity index (χ3v) is 3.51. The van der Waals surface area contributed by atoms with Crippen LogP contribution in [0.15, 0.2) is 36.5 Å². The molecule has 0 rings (SSSR count). The zero-order valence-corrected chi connectivity index (χ0v) is 14.3. The molecule has 0 aliphatic rings. The fourth-order valence-electron chi connectivity index (χ4n) is 2.16. The maximum absolute atomic E-state index is 10.3. The van der Waals surface area contributed by atoms with E-state index in [9.17, 15) is 4.79 Å². The van der Waals surface area contributed by atoms with Gasteiger partial charge in [-0.15, -0.1) is 0 Å². The van der Waals surface area contributed by atoms with Gasteiger partial charge in [-0.05, 0) is 51.4 Å². The summed E-state index contributed by atoms with van der Waals surface area (Å²) in [5.74, 6) is -0.682. The van der Waals surface area contributed by atoms with Crippen LogP contribution in [0.3, 0.4) is 0 Å². The third kappa shape index (κ3) is 18.7. The van der Waals surface area contributed by atoms with E-state index in [-0.39, 0.29) is 0 Å². The molecule has 0 amide bonds. The average Bonchev–Trinajstić information content (AvgIpc) is 2.50. The first-order chi connectivity index (χ1) is 10.8. The van der Waals surface area contributed by atoms with E-state index in [0.717, 1.165) is 44.9 Å². The highest BCUT2D eigenvalue weighted by molar-refractivity contribution is 5.66. The zero-order chi connectivity index (χ0) is 16.3. The summed E-state index contributed by atoms with van der Waals surface area (Å²) in [6.45, 7) is 2.24. The molecule has 2 heteroatoms. The Kier molecular flexibility index (Phi) is 16.7. The van der Waals surface area contributed by atoms with Crippen LogP contribution in [0.25, 0.3) is 0 Å². The lowest BCUT2D eigenvalue weighted by atomic mass is 10.1. The summed E-state index contributed by atoms with van der Waals surface area (Å²) in [4.78, 5) is 10.3. The molecule has 0 aliphatic heterocycles. The van der Waals surface area contributed by atoms with Crippen LogP contribution in [0.5, 0.6) is 0 Å². The van der Waals surface area contributed by atoms with Crippen LogP contribution >= 0.6 is 0 Å². The molecule has 0 heterocycles. The molecular weight excluding hydrogens is 272 g/mol. The second kappa shape index (κ2) is 17.7. The minimum Gasteiger partial charge on any atom is -0.481 e. The number of hydrogen-bond donors (Lipinski definition) is 1. The first kappa shape index (κ1) is 20.7. The molecule has 0 radical (unpaired) electrons. The number of carbonyl (C=O) groups is 1. The van der Waals surface area contributed by atoms with Gasteiger partial charge in [-0.25, -0.2) is 0 Å². The molecule has 0 aromatic carbocycles. The van der Waals surface area contributed by atoms with Crippen molar-refractivity contribution >= 4 is 5.97 Å². The topological polar surface area (TPSA) is 37.3 Å². The van der Waals surface area contributed by atoms with Gasteiger partial charge in [0.05, 0.1) is 0 Å². The van der Waals surface area contributed by atoms with Crippen LogP contribution in [0.2, 0.25) is 0 Å². The molecule has 0 atom stereocenters. The Balaban J connectivity index is 3.28. The third-order valence-electron chi connectivity index (χ3n) is 3.51. The number of carboxylic acid groups (broad SMARTS) is 1. The van der Waals surface area contributed by atoms with Crippen molar-refractivity contribution in [3.63, 3.8) is 0 Å². The Morgan fingerprint density at radius 1 is 0.727 bits per heavy atom. The van der Waals surface area contributed by atoms with Gasteiger partial charge in [-0.2, -0.15) is 0 Å². The predicted molar refractivity (Wildman–Crippen MR) is 96.1 cm³/mol. The molecule has 0 spiro atoms. The fraction of sp³-hybridized carbons (Fsp3) is 0.650. The van der Waals surface area contributed by atoms with Gasteiger partial charge < -0.3 is 5.11 Å². The fourth-order valence-corrected chi connectivity index (χ4v) is 2.16. The van der Waals surface area contributed by atoms with Gasteiger partial charge in [0.25, 0.3) is 0 Å². The second-order valence-corrected chi connectivity index (χ2v) is 5.72. The van der Waals surface area contributed by atoms with E-state index in [1.807, 2.05) is 0 Å². The molecule has 1 N–H and O–H groups in total. The minimum atomic E-state index is -0.682.